The van der Waals surface area contributed by atoms with Gasteiger partial charge in [-0.2, -0.15) is 0 Å². The van der Waals surface area contributed by atoms with Crippen LogP contribution in [0.3, 0.4) is 0 Å². The smallest absolute Gasteiger partial charge is 0.252 e. The Labute approximate surface area is 120 Å². The lowest BCUT2D eigenvalue weighted by Crippen LogP contribution is -2.27. The number of aryl methyl sites for hydroxylation is 2. The Morgan fingerprint density at radius 1 is 1.10 bits per heavy atom. The number of hydrogen-bond acceptors (Lipinski definition) is 1. The highest BCUT2D eigenvalue weighted by atomic mass is 16.1. The number of carbonyl (C=O) groups excluding carboxylic acids is 1. The fourth-order valence-electron chi connectivity index (χ4n) is 2.23. The summed E-state index contributed by atoms with van der Waals surface area (Å²) in [6, 6.07) is 16.1. The maximum atomic E-state index is 12.3. The van der Waals surface area contributed by atoms with Crippen molar-refractivity contribution in [3.63, 3.8) is 0 Å². The Morgan fingerprint density at radius 3 is 2.35 bits per heavy atom. The summed E-state index contributed by atoms with van der Waals surface area (Å²) in [6.45, 7) is 6.10. The number of rotatable bonds is 4. The monoisotopic (exact) mass is 267 g/mol. The molecule has 0 saturated heterocycles. The van der Waals surface area contributed by atoms with Crippen molar-refractivity contribution in [1.29, 1.82) is 0 Å². The van der Waals surface area contributed by atoms with Crippen molar-refractivity contribution >= 4 is 5.91 Å². The zero-order valence-electron chi connectivity index (χ0n) is 12.3. The first-order valence-electron chi connectivity index (χ1n) is 7.07. The second-order valence-electron chi connectivity index (χ2n) is 5.11. The fourth-order valence-corrected chi connectivity index (χ4v) is 2.23. The molecule has 20 heavy (non-hydrogen) atoms. The van der Waals surface area contributed by atoms with Gasteiger partial charge < -0.3 is 5.32 Å². The molecule has 0 aliphatic rings. The van der Waals surface area contributed by atoms with Gasteiger partial charge in [-0.25, -0.2) is 0 Å². The Kier molecular flexibility index (Phi) is 4.57. The molecule has 0 fully saturated rings. The topological polar surface area (TPSA) is 29.1 Å². The molecule has 0 unspecified atom stereocenters. The summed E-state index contributed by atoms with van der Waals surface area (Å²) in [4.78, 5) is 12.3. The van der Waals surface area contributed by atoms with Gasteiger partial charge >= 0.3 is 0 Å². The first kappa shape index (κ1) is 14.3. The molecule has 2 heteroatoms. The van der Waals surface area contributed by atoms with Crippen molar-refractivity contribution in [2.75, 3.05) is 0 Å². The lowest BCUT2D eigenvalue weighted by molar-refractivity contribution is 0.0939. The minimum absolute atomic E-state index is 0.00742. The van der Waals surface area contributed by atoms with Gasteiger partial charge in [0.15, 0.2) is 0 Å². The predicted octanol–water partition coefficient (Wildman–Crippen LogP) is 4.05. The summed E-state index contributed by atoms with van der Waals surface area (Å²) in [5, 5.41) is 3.05. The zero-order chi connectivity index (χ0) is 14.5. The van der Waals surface area contributed by atoms with Crippen molar-refractivity contribution in [1.82, 2.24) is 5.32 Å². The summed E-state index contributed by atoms with van der Waals surface area (Å²) >= 11 is 0. The van der Waals surface area contributed by atoms with Gasteiger partial charge in [-0.3, -0.25) is 4.79 Å². The third kappa shape index (κ3) is 3.27. The van der Waals surface area contributed by atoms with Crippen LogP contribution in [-0.4, -0.2) is 5.91 Å². The average molecular weight is 267 g/mol. The van der Waals surface area contributed by atoms with Crippen LogP contribution in [0, 0.1) is 6.92 Å². The van der Waals surface area contributed by atoms with E-state index in [1.165, 1.54) is 5.56 Å². The molecule has 0 saturated carbocycles. The Hall–Kier alpha value is -2.09. The van der Waals surface area contributed by atoms with E-state index in [4.69, 9.17) is 0 Å². The normalized spacial score (nSPS) is 11.9. The maximum absolute atomic E-state index is 12.3. The van der Waals surface area contributed by atoms with Gasteiger partial charge in [0.05, 0.1) is 6.04 Å². The number of carbonyl (C=O) groups is 1. The molecule has 2 aromatic carbocycles. The molecule has 1 N–H and O–H groups in total. The highest BCUT2D eigenvalue weighted by molar-refractivity contribution is 5.95. The molecule has 2 nitrogen and oxygen atoms in total. The standard InChI is InChI=1S/C18H21NO/c1-4-15-9-11-16(12-10-15)14(3)19-18(20)17-8-6-5-7-13(17)2/h5-12,14H,4H2,1-3H3,(H,19,20)/t14-/m0/s1. The van der Waals surface area contributed by atoms with E-state index >= 15 is 0 Å². The van der Waals surface area contributed by atoms with Crippen LogP contribution in [0.15, 0.2) is 48.5 Å². The first-order valence-corrected chi connectivity index (χ1v) is 7.07. The summed E-state index contributed by atoms with van der Waals surface area (Å²) < 4.78 is 0. The lowest BCUT2D eigenvalue weighted by atomic mass is 10.0. The van der Waals surface area contributed by atoms with E-state index < -0.39 is 0 Å². The van der Waals surface area contributed by atoms with Crippen molar-refractivity contribution in [2.45, 2.75) is 33.2 Å². The number of hydrogen-bond donors (Lipinski definition) is 1. The third-order valence-corrected chi connectivity index (χ3v) is 3.63. The van der Waals surface area contributed by atoms with Gasteiger partial charge in [-0.05, 0) is 43.0 Å². The number of benzene rings is 2. The minimum Gasteiger partial charge on any atom is -0.346 e. The van der Waals surface area contributed by atoms with Gasteiger partial charge in [0.25, 0.3) is 5.91 Å². The van der Waals surface area contributed by atoms with Crippen LogP contribution in [0.25, 0.3) is 0 Å². The molecular formula is C18H21NO. The van der Waals surface area contributed by atoms with E-state index in [1.807, 2.05) is 38.1 Å². The number of amides is 1. The number of nitrogens with one attached hydrogen (secondary N) is 1. The molecule has 0 aliphatic heterocycles. The molecule has 0 aromatic heterocycles. The molecule has 0 spiro atoms. The Bertz CT molecular complexity index is 587. The van der Waals surface area contributed by atoms with Gasteiger partial charge in [0, 0.05) is 5.56 Å². The van der Waals surface area contributed by atoms with Gasteiger partial charge in [0.2, 0.25) is 0 Å². The van der Waals surface area contributed by atoms with Crippen LogP contribution >= 0.6 is 0 Å². The molecule has 0 heterocycles. The predicted molar refractivity (Wildman–Crippen MR) is 82.9 cm³/mol. The highest BCUT2D eigenvalue weighted by Crippen LogP contribution is 2.15. The van der Waals surface area contributed by atoms with E-state index in [-0.39, 0.29) is 11.9 Å². The van der Waals surface area contributed by atoms with Crippen molar-refractivity contribution in [3.8, 4) is 0 Å². The molecule has 0 aliphatic carbocycles. The molecule has 1 atom stereocenters. The molecule has 104 valence electrons. The van der Waals surface area contributed by atoms with Gasteiger partial charge in [-0.1, -0.05) is 49.4 Å². The van der Waals surface area contributed by atoms with Gasteiger partial charge in [0.1, 0.15) is 0 Å². The molecule has 2 rings (SSSR count). The molecule has 0 bridgehead atoms. The second kappa shape index (κ2) is 6.38. The molecule has 2 aromatic rings. The quantitative estimate of drug-likeness (QED) is 0.889. The van der Waals surface area contributed by atoms with Crippen LogP contribution in [-0.2, 0) is 6.42 Å². The van der Waals surface area contributed by atoms with Crippen LogP contribution in [0.5, 0.6) is 0 Å². The summed E-state index contributed by atoms with van der Waals surface area (Å²) in [7, 11) is 0. The Balaban J connectivity index is 2.09. The SMILES string of the molecule is CCc1ccc([C@H](C)NC(=O)c2ccccc2C)cc1. The highest BCUT2D eigenvalue weighted by Gasteiger charge is 2.12. The minimum atomic E-state index is -0.0184. The second-order valence-corrected chi connectivity index (χ2v) is 5.11. The van der Waals surface area contributed by atoms with Crippen LogP contribution in [0.1, 0.15) is 46.9 Å². The van der Waals surface area contributed by atoms with Gasteiger partial charge in [-0.15, -0.1) is 0 Å². The molecular weight excluding hydrogens is 246 g/mol. The van der Waals surface area contributed by atoms with Crippen molar-refractivity contribution < 1.29 is 4.79 Å². The van der Waals surface area contributed by atoms with E-state index in [9.17, 15) is 4.79 Å². The van der Waals surface area contributed by atoms with Crippen molar-refractivity contribution in [3.05, 3.63) is 70.8 Å². The zero-order valence-corrected chi connectivity index (χ0v) is 12.3. The summed E-state index contributed by atoms with van der Waals surface area (Å²) in [5.74, 6) is -0.0184. The van der Waals surface area contributed by atoms with Crippen LogP contribution in [0.2, 0.25) is 0 Å². The fraction of sp³-hybridized carbons (Fsp3) is 0.278. The molecule has 1 amide bonds. The Morgan fingerprint density at radius 2 is 1.75 bits per heavy atom. The van der Waals surface area contributed by atoms with Crippen LogP contribution in [0.4, 0.5) is 0 Å². The lowest BCUT2D eigenvalue weighted by Gasteiger charge is -2.15. The van der Waals surface area contributed by atoms with E-state index in [0.717, 1.165) is 23.1 Å². The van der Waals surface area contributed by atoms with E-state index in [0.29, 0.717) is 0 Å². The van der Waals surface area contributed by atoms with E-state index in [2.05, 4.69) is 36.5 Å². The van der Waals surface area contributed by atoms with Crippen molar-refractivity contribution in [2.24, 2.45) is 0 Å². The largest absolute Gasteiger partial charge is 0.346 e. The average Bonchev–Trinajstić information content (AvgIpc) is 2.47. The van der Waals surface area contributed by atoms with E-state index in [1.54, 1.807) is 0 Å². The third-order valence-electron chi connectivity index (χ3n) is 3.63. The first-order chi connectivity index (χ1) is 9.61. The summed E-state index contributed by atoms with van der Waals surface area (Å²) in [6.07, 6.45) is 1.03. The van der Waals surface area contributed by atoms with Crippen LogP contribution < -0.4 is 5.32 Å². The summed E-state index contributed by atoms with van der Waals surface area (Å²) in [5.41, 5.74) is 4.18. The maximum Gasteiger partial charge on any atom is 0.252 e. The molecule has 0 radical (unpaired) electrons.